The summed E-state index contributed by atoms with van der Waals surface area (Å²) in [7, 11) is 0. The summed E-state index contributed by atoms with van der Waals surface area (Å²) in [6.45, 7) is 0. The fourth-order valence-corrected chi connectivity index (χ4v) is 8.71. The van der Waals surface area contributed by atoms with Crippen molar-refractivity contribution in [2.45, 2.75) is 0 Å². The van der Waals surface area contributed by atoms with Gasteiger partial charge in [0.15, 0.2) is 0 Å². The minimum atomic E-state index is 1.15. The summed E-state index contributed by atoms with van der Waals surface area (Å²) in [6, 6.07) is 79.4. The molecule has 0 spiro atoms. The summed E-state index contributed by atoms with van der Waals surface area (Å²) in [5.41, 5.74) is 16.7. The summed E-state index contributed by atoms with van der Waals surface area (Å²) in [5.74, 6) is 0. The van der Waals surface area contributed by atoms with Gasteiger partial charge in [0, 0.05) is 32.9 Å². The molecule has 0 amide bonds. The van der Waals surface area contributed by atoms with Crippen LogP contribution in [0.25, 0.3) is 99.5 Å². The van der Waals surface area contributed by atoms with Gasteiger partial charge >= 0.3 is 0 Å². The van der Waals surface area contributed by atoms with Crippen LogP contribution in [0.2, 0.25) is 0 Å². The minimum absolute atomic E-state index is 1.15. The number of fused-ring (bicyclic) bond motifs is 6. The third-order valence-electron chi connectivity index (χ3n) is 11.4. The van der Waals surface area contributed by atoms with Gasteiger partial charge in [-0.3, -0.25) is 0 Å². The average Bonchev–Trinajstić information content (AvgIpc) is 3.80. The molecule has 0 bridgehead atoms. The van der Waals surface area contributed by atoms with Gasteiger partial charge in [0.2, 0.25) is 0 Å². The monoisotopic (exact) mass is 712 g/mol. The number of hydrogen-bond acceptors (Lipinski definition) is 0. The third-order valence-corrected chi connectivity index (χ3v) is 11.4. The molecule has 11 rings (SSSR count). The predicted molar refractivity (Wildman–Crippen MR) is 237 cm³/mol. The molecule has 11 aromatic rings. The van der Waals surface area contributed by atoms with E-state index in [1.54, 1.807) is 0 Å². The van der Waals surface area contributed by atoms with Gasteiger partial charge in [-0.2, -0.15) is 0 Å². The zero-order chi connectivity index (χ0) is 37.0. The van der Waals surface area contributed by atoms with Gasteiger partial charge in [-0.1, -0.05) is 158 Å². The molecule has 2 nitrogen and oxygen atoms in total. The van der Waals surface area contributed by atoms with Gasteiger partial charge in [0.05, 0.1) is 22.1 Å². The van der Waals surface area contributed by atoms with Crippen LogP contribution < -0.4 is 0 Å². The Kier molecular flexibility index (Phi) is 7.53. The number of para-hydroxylation sites is 4. The maximum absolute atomic E-state index is 2.38. The first kappa shape index (κ1) is 32.0. The van der Waals surface area contributed by atoms with Crippen LogP contribution in [-0.4, -0.2) is 9.13 Å². The van der Waals surface area contributed by atoms with E-state index >= 15 is 0 Å². The Morgan fingerprint density at radius 1 is 0.214 bits per heavy atom. The van der Waals surface area contributed by atoms with Crippen molar-refractivity contribution in [3.05, 3.63) is 218 Å². The summed E-state index contributed by atoms with van der Waals surface area (Å²) < 4.78 is 4.76. The van der Waals surface area contributed by atoms with Crippen molar-refractivity contribution in [2.24, 2.45) is 0 Å². The van der Waals surface area contributed by atoms with Crippen molar-refractivity contribution in [1.29, 1.82) is 0 Å². The van der Waals surface area contributed by atoms with Crippen molar-refractivity contribution in [3.8, 4) is 55.9 Å². The lowest BCUT2D eigenvalue weighted by atomic mass is 9.90. The van der Waals surface area contributed by atoms with E-state index < -0.39 is 0 Å². The Morgan fingerprint density at radius 3 is 1.11 bits per heavy atom. The Hall–Kier alpha value is -7.42. The third kappa shape index (κ3) is 5.26. The quantitative estimate of drug-likeness (QED) is 0.162. The van der Waals surface area contributed by atoms with Gasteiger partial charge in [-0.05, 0) is 105 Å². The second kappa shape index (κ2) is 13.2. The lowest BCUT2D eigenvalue weighted by Crippen LogP contribution is -1.95. The molecule has 262 valence electrons. The molecule has 2 heterocycles. The molecule has 0 saturated heterocycles. The van der Waals surface area contributed by atoms with Crippen LogP contribution in [0, 0.1) is 0 Å². The molecule has 2 heteroatoms. The van der Waals surface area contributed by atoms with Gasteiger partial charge in [0.1, 0.15) is 0 Å². The number of aromatic nitrogens is 2. The van der Waals surface area contributed by atoms with Crippen molar-refractivity contribution >= 4 is 43.6 Å². The predicted octanol–water partition coefficient (Wildman–Crippen LogP) is 14.5. The number of benzene rings is 9. The second-order valence-electron chi connectivity index (χ2n) is 14.5. The molecule has 0 saturated carbocycles. The normalized spacial score (nSPS) is 11.6. The zero-order valence-electron chi connectivity index (χ0n) is 30.7. The summed E-state index contributed by atoms with van der Waals surface area (Å²) in [5, 5.41) is 5.08. The Labute approximate surface area is 325 Å². The van der Waals surface area contributed by atoms with Crippen LogP contribution in [0.15, 0.2) is 218 Å². The summed E-state index contributed by atoms with van der Waals surface area (Å²) in [6.07, 6.45) is 0. The summed E-state index contributed by atoms with van der Waals surface area (Å²) >= 11 is 0. The highest BCUT2D eigenvalue weighted by Crippen LogP contribution is 2.39. The average molecular weight is 713 g/mol. The second-order valence-corrected chi connectivity index (χ2v) is 14.5. The standard InChI is InChI=1S/C54H36N2/c1-2-13-37(14-3-1)40-15-12-16-42(35-40)45-34-29-41(38-25-30-43(31-26-38)55-51-21-8-4-17-46(51)47-18-5-9-22-52(47)55)36-50(45)39-27-32-44(33-28-39)56-53-23-10-6-19-48(53)49-20-7-11-24-54(49)56/h1-36H. The van der Waals surface area contributed by atoms with E-state index in [2.05, 4.69) is 228 Å². The Balaban J connectivity index is 1.04. The van der Waals surface area contributed by atoms with E-state index in [1.165, 1.54) is 88.1 Å². The van der Waals surface area contributed by atoms with E-state index in [9.17, 15) is 0 Å². The molecular formula is C54H36N2. The van der Waals surface area contributed by atoms with E-state index in [1.807, 2.05) is 0 Å². The Morgan fingerprint density at radius 2 is 0.589 bits per heavy atom. The molecule has 0 fully saturated rings. The molecule has 0 aliphatic carbocycles. The highest BCUT2D eigenvalue weighted by molar-refractivity contribution is 6.10. The molecule has 0 N–H and O–H groups in total. The molecule has 2 aromatic heterocycles. The van der Waals surface area contributed by atoms with Crippen LogP contribution in [0.5, 0.6) is 0 Å². The molecule has 0 radical (unpaired) electrons. The van der Waals surface area contributed by atoms with E-state index in [4.69, 9.17) is 0 Å². The van der Waals surface area contributed by atoms with E-state index in [-0.39, 0.29) is 0 Å². The van der Waals surface area contributed by atoms with Gasteiger partial charge in [-0.25, -0.2) is 0 Å². The van der Waals surface area contributed by atoms with Crippen molar-refractivity contribution in [3.63, 3.8) is 0 Å². The largest absolute Gasteiger partial charge is 0.309 e. The Bertz CT molecular complexity index is 3110. The molecule has 9 aromatic carbocycles. The molecular weight excluding hydrogens is 677 g/mol. The van der Waals surface area contributed by atoms with Crippen molar-refractivity contribution < 1.29 is 0 Å². The lowest BCUT2D eigenvalue weighted by molar-refractivity contribution is 1.18. The van der Waals surface area contributed by atoms with Crippen LogP contribution in [-0.2, 0) is 0 Å². The molecule has 56 heavy (non-hydrogen) atoms. The van der Waals surface area contributed by atoms with Crippen LogP contribution >= 0.6 is 0 Å². The number of rotatable bonds is 6. The van der Waals surface area contributed by atoms with Crippen LogP contribution in [0.4, 0.5) is 0 Å². The van der Waals surface area contributed by atoms with Crippen molar-refractivity contribution in [2.75, 3.05) is 0 Å². The molecule has 0 atom stereocenters. The first-order chi connectivity index (χ1) is 27.8. The molecule has 0 unspecified atom stereocenters. The first-order valence-corrected chi connectivity index (χ1v) is 19.3. The molecule has 0 aliphatic heterocycles. The highest BCUT2D eigenvalue weighted by Gasteiger charge is 2.16. The van der Waals surface area contributed by atoms with Gasteiger partial charge in [0.25, 0.3) is 0 Å². The van der Waals surface area contributed by atoms with Crippen LogP contribution in [0.1, 0.15) is 0 Å². The van der Waals surface area contributed by atoms with Crippen LogP contribution in [0.3, 0.4) is 0 Å². The fraction of sp³-hybridized carbons (Fsp3) is 0. The maximum atomic E-state index is 2.38. The fourth-order valence-electron chi connectivity index (χ4n) is 8.71. The SMILES string of the molecule is c1ccc(-c2cccc(-c3ccc(-c4ccc(-n5c6ccccc6c6ccccc65)cc4)cc3-c3ccc(-n4c5ccccc5c5ccccc54)cc3)c2)cc1. The minimum Gasteiger partial charge on any atom is -0.309 e. The lowest BCUT2D eigenvalue weighted by Gasteiger charge is -2.16. The zero-order valence-corrected chi connectivity index (χ0v) is 30.7. The maximum Gasteiger partial charge on any atom is 0.0541 e. The number of nitrogens with zero attached hydrogens (tertiary/aromatic N) is 2. The smallest absolute Gasteiger partial charge is 0.0541 e. The van der Waals surface area contributed by atoms with Gasteiger partial charge in [-0.15, -0.1) is 0 Å². The van der Waals surface area contributed by atoms with E-state index in [0.29, 0.717) is 0 Å². The molecule has 0 aliphatic rings. The van der Waals surface area contributed by atoms with Gasteiger partial charge < -0.3 is 9.13 Å². The van der Waals surface area contributed by atoms with Crippen molar-refractivity contribution in [1.82, 2.24) is 9.13 Å². The highest BCUT2D eigenvalue weighted by atomic mass is 15.0. The number of hydrogen-bond donors (Lipinski definition) is 0. The topological polar surface area (TPSA) is 9.86 Å². The first-order valence-electron chi connectivity index (χ1n) is 19.3. The summed E-state index contributed by atoms with van der Waals surface area (Å²) in [4.78, 5) is 0. The van der Waals surface area contributed by atoms with E-state index in [0.717, 1.165) is 11.4 Å².